The van der Waals surface area contributed by atoms with Gasteiger partial charge in [-0.1, -0.05) is 12.1 Å². The van der Waals surface area contributed by atoms with Crippen LogP contribution in [0.15, 0.2) is 12.4 Å². The first-order valence-electron chi connectivity index (χ1n) is 4.61. The van der Waals surface area contributed by atoms with E-state index in [-0.39, 0.29) is 11.9 Å². The molecule has 1 rings (SSSR count). The van der Waals surface area contributed by atoms with Crippen LogP contribution in [0.2, 0.25) is 0 Å². The van der Waals surface area contributed by atoms with Gasteiger partial charge < -0.3 is 11.1 Å². The van der Waals surface area contributed by atoms with Crippen LogP contribution in [-0.2, 0) is 11.3 Å². The van der Waals surface area contributed by atoms with Gasteiger partial charge in [-0.05, 0) is 6.42 Å². The summed E-state index contributed by atoms with van der Waals surface area (Å²) in [6, 6.07) is -0.251. The van der Waals surface area contributed by atoms with Gasteiger partial charge in [0.25, 0.3) is 0 Å². The van der Waals surface area contributed by atoms with Crippen LogP contribution in [0.25, 0.3) is 0 Å². The van der Waals surface area contributed by atoms with E-state index >= 15 is 0 Å². The van der Waals surface area contributed by atoms with E-state index < -0.39 is 0 Å². The molecule has 0 saturated carbocycles. The minimum absolute atomic E-state index is 0.251. The first-order valence-corrected chi connectivity index (χ1v) is 4.61. The Morgan fingerprint density at radius 2 is 2.50 bits per heavy atom. The van der Waals surface area contributed by atoms with Gasteiger partial charge in [-0.25, -0.2) is 0 Å². The van der Waals surface area contributed by atoms with E-state index in [1.165, 1.54) is 0 Å². The molecule has 1 unspecified atom stereocenters. The maximum atomic E-state index is 10.8. The van der Waals surface area contributed by atoms with Crippen molar-refractivity contribution in [2.75, 3.05) is 6.54 Å². The van der Waals surface area contributed by atoms with Crippen LogP contribution in [0.5, 0.6) is 0 Å². The number of primary amides is 1. The molecule has 0 aliphatic carbocycles. The van der Waals surface area contributed by atoms with Gasteiger partial charge in [0.15, 0.2) is 0 Å². The van der Waals surface area contributed by atoms with Gasteiger partial charge in [0.05, 0.1) is 18.8 Å². The molecule has 3 N–H and O–H groups in total. The van der Waals surface area contributed by atoms with Crippen molar-refractivity contribution in [2.24, 2.45) is 5.73 Å². The highest BCUT2D eigenvalue weighted by atomic mass is 16.1. The normalized spacial score (nSPS) is 12.6. The fourth-order valence-electron chi connectivity index (χ4n) is 1.15. The van der Waals surface area contributed by atoms with Crippen molar-refractivity contribution in [3.05, 3.63) is 12.4 Å². The summed E-state index contributed by atoms with van der Waals surface area (Å²) >= 11 is 0. The highest BCUT2D eigenvalue weighted by Gasteiger charge is 2.10. The average Bonchev–Trinajstić information content (AvgIpc) is 2.64. The lowest BCUT2D eigenvalue weighted by molar-refractivity contribution is -0.120. The number of carbonyl (C=O) groups is 1. The van der Waals surface area contributed by atoms with Crippen molar-refractivity contribution in [3.8, 4) is 0 Å². The first kappa shape index (κ1) is 10.6. The number of aromatic nitrogens is 3. The van der Waals surface area contributed by atoms with E-state index in [2.05, 4.69) is 15.6 Å². The van der Waals surface area contributed by atoms with E-state index in [1.807, 2.05) is 6.92 Å². The highest BCUT2D eigenvalue weighted by Crippen LogP contribution is 1.89. The van der Waals surface area contributed by atoms with Crippen LogP contribution in [0.4, 0.5) is 0 Å². The molecule has 6 nitrogen and oxygen atoms in total. The van der Waals surface area contributed by atoms with Crippen molar-refractivity contribution in [1.82, 2.24) is 20.3 Å². The molecule has 0 saturated heterocycles. The summed E-state index contributed by atoms with van der Waals surface area (Å²) in [7, 11) is 0. The number of hydrogen-bond acceptors (Lipinski definition) is 4. The molecule has 0 aliphatic rings. The highest BCUT2D eigenvalue weighted by molar-refractivity contribution is 5.79. The zero-order chi connectivity index (χ0) is 10.4. The number of nitrogens with one attached hydrogen (secondary N) is 1. The monoisotopic (exact) mass is 197 g/mol. The molecule has 0 fully saturated rings. The predicted molar refractivity (Wildman–Crippen MR) is 51.3 cm³/mol. The fraction of sp³-hybridized carbons (Fsp3) is 0.625. The Hall–Kier alpha value is -1.43. The molecule has 0 spiro atoms. The average molecular weight is 197 g/mol. The zero-order valence-corrected chi connectivity index (χ0v) is 8.18. The SMILES string of the molecule is CCC(NCCn1ccnn1)C(N)=O. The number of rotatable bonds is 6. The van der Waals surface area contributed by atoms with Crippen molar-refractivity contribution in [2.45, 2.75) is 25.9 Å². The van der Waals surface area contributed by atoms with Gasteiger partial charge in [0.1, 0.15) is 0 Å². The van der Waals surface area contributed by atoms with Crippen LogP contribution in [0, 0.1) is 0 Å². The van der Waals surface area contributed by atoms with E-state index in [4.69, 9.17) is 5.73 Å². The van der Waals surface area contributed by atoms with Crippen molar-refractivity contribution in [1.29, 1.82) is 0 Å². The Labute approximate surface area is 82.5 Å². The Kier molecular flexibility index (Phi) is 4.06. The molecule has 1 aromatic rings. The summed E-state index contributed by atoms with van der Waals surface area (Å²) in [4.78, 5) is 10.8. The maximum Gasteiger partial charge on any atom is 0.234 e. The third kappa shape index (κ3) is 3.14. The second-order valence-electron chi connectivity index (χ2n) is 2.98. The quantitative estimate of drug-likeness (QED) is 0.621. The van der Waals surface area contributed by atoms with Crippen LogP contribution >= 0.6 is 0 Å². The molecule has 0 aromatic carbocycles. The molecule has 1 aromatic heterocycles. The molecule has 1 heterocycles. The fourth-order valence-corrected chi connectivity index (χ4v) is 1.15. The second-order valence-corrected chi connectivity index (χ2v) is 2.98. The number of amides is 1. The largest absolute Gasteiger partial charge is 0.368 e. The summed E-state index contributed by atoms with van der Waals surface area (Å²) in [6.45, 7) is 3.26. The smallest absolute Gasteiger partial charge is 0.234 e. The predicted octanol–water partition coefficient (Wildman–Crippen LogP) is -0.868. The van der Waals surface area contributed by atoms with Gasteiger partial charge in [0, 0.05) is 12.7 Å². The lowest BCUT2D eigenvalue weighted by atomic mass is 10.2. The summed E-state index contributed by atoms with van der Waals surface area (Å²) in [5.74, 6) is -0.314. The van der Waals surface area contributed by atoms with Crippen molar-refractivity contribution in [3.63, 3.8) is 0 Å². The molecule has 0 radical (unpaired) electrons. The van der Waals surface area contributed by atoms with E-state index in [0.29, 0.717) is 19.5 Å². The lowest BCUT2D eigenvalue weighted by Crippen LogP contribution is -2.42. The lowest BCUT2D eigenvalue weighted by Gasteiger charge is -2.12. The van der Waals surface area contributed by atoms with Crippen molar-refractivity contribution >= 4 is 5.91 Å². The Balaban J connectivity index is 2.23. The summed E-state index contributed by atoms with van der Waals surface area (Å²) < 4.78 is 1.70. The second kappa shape index (κ2) is 5.33. The van der Waals surface area contributed by atoms with Gasteiger partial charge in [-0.15, -0.1) is 5.10 Å². The van der Waals surface area contributed by atoms with Crippen LogP contribution in [0.1, 0.15) is 13.3 Å². The topological polar surface area (TPSA) is 85.8 Å². The Morgan fingerprint density at radius 3 is 3.00 bits per heavy atom. The van der Waals surface area contributed by atoms with E-state index in [1.54, 1.807) is 17.1 Å². The molecule has 78 valence electrons. The summed E-state index contributed by atoms with van der Waals surface area (Å²) in [6.07, 6.45) is 4.09. The minimum atomic E-state index is -0.314. The van der Waals surface area contributed by atoms with E-state index in [0.717, 1.165) is 0 Å². The molecule has 6 heteroatoms. The number of carbonyl (C=O) groups excluding carboxylic acids is 1. The van der Waals surface area contributed by atoms with Crippen LogP contribution < -0.4 is 11.1 Å². The summed E-state index contributed by atoms with van der Waals surface area (Å²) in [5, 5.41) is 10.5. The Morgan fingerprint density at radius 1 is 1.71 bits per heavy atom. The molecule has 1 amide bonds. The molecule has 1 atom stereocenters. The maximum absolute atomic E-state index is 10.8. The number of nitrogens with zero attached hydrogens (tertiary/aromatic N) is 3. The number of hydrogen-bond donors (Lipinski definition) is 2. The molecule has 0 aliphatic heterocycles. The Bertz CT molecular complexity index is 271. The third-order valence-corrected chi connectivity index (χ3v) is 1.96. The van der Waals surface area contributed by atoms with Gasteiger partial charge in [-0.3, -0.25) is 9.48 Å². The molecular weight excluding hydrogens is 182 g/mol. The molecular formula is C8H15N5O. The van der Waals surface area contributed by atoms with Crippen molar-refractivity contribution < 1.29 is 4.79 Å². The minimum Gasteiger partial charge on any atom is -0.368 e. The molecule has 14 heavy (non-hydrogen) atoms. The third-order valence-electron chi connectivity index (χ3n) is 1.96. The first-order chi connectivity index (χ1) is 6.74. The van der Waals surface area contributed by atoms with Gasteiger partial charge in [0.2, 0.25) is 5.91 Å². The zero-order valence-electron chi connectivity index (χ0n) is 8.18. The van der Waals surface area contributed by atoms with Crippen LogP contribution in [0.3, 0.4) is 0 Å². The number of nitrogens with two attached hydrogens (primary N) is 1. The molecule has 0 bridgehead atoms. The summed E-state index contributed by atoms with van der Waals surface area (Å²) in [5.41, 5.74) is 5.17. The van der Waals surface area contributed by atoms with Gasteiger partial charge in [-0.2, -0.15) is 0 Å². The standard InChI is InChI=1S/C8H15N5O/c1-2-7(8(9)14)10-3-5-13-6-4-11-12-13/h4,6-7,10H,2-3,5H2,1H3,(H2,9,14). The van der Waals surface area contributed by atoms with Crippen LogP contribution in [-0.4, -0.2) is 33.5 Å². The van der Waals surface area contributed by atoms with E-state index in [9.17, 15) is 4.79 Å². The van der Waals surface area contributed by atoms with Gasteiger partial charge >= 0.3 is 0 Å².